The van der Waals surface area contributed by atoms with Gasteiger partial charge in [-0.05, 0) is 24.6 Å². The quantitative estimate of drug-likeness (QED) is 0.800. The van der Waals surface area contributed by atoms with Crippen LogP contribution in [-0.4, -0.2) is 23.8 Å². The average molecular weight is 287 g/mol. The number of aromatic nitrogens is 2. The Morgan fingerprint density at radius 3 is 2.70 bits per heavy atom. The van der Waals surface area contributed by atoms with Crippen molar-refractivity contribution in [3.63, 3.8) is 0 Å². The number of rotatable bonds is 4. The van der Waals surface area contributed by atoms with Gasteiger partial charge in [0.25, 0.3) is 0 Å². The fourth-order valence-corrected chi connectivity index (χ4v) is 3.02. The Morgan fingerprint density at radius 2 is 1.90 bits per heavy atom. The minimum absolute atomic E-state index is 0.204. The van der Waals surface area contributed by atoms with E-state index >= 15 is 0 Å². The zero-order valence-corrected chi connectivity index (χ0v) is 11.9. The fourth-order valence-electron chi connectivity index (χ4n) is 2.14. The van der Waals surface area contributed by atoms with Crippen LogP contribution in [0.15, 0.2) is 36.4 Å². The predicted octanol–water partition coefficient (Wildman–Crippen LogP) is 3.26. The van der Waals surface area contributed by atoms with Gasteiger partial charge >= 0.3 is 0 Å². The molecule has 0 spiro atoms. The third-order valence-electron chi connectivity index (χ3n) is 3.16. The summed E-state index contributed by atoms with van der Waals surface area (Å²) in [5.41, 5.74) is 0.940. The molecule has 3 aromatic rings. The van der Waals surface area contributed by atoms with E-state index in [4.69, 9.17) is 0 Å². The molecule has 0 atom stereocenters. The van der Waals surface area contributed by atoms with Gasteiger partial charge in [0, 0.05) is 23.9 Å². The molecular weight excluding hydrogens is 273 g/mol. The fraction of sp³-hybridized carbons (Fsp3) is 0.200. The summed E-state index contributed by atoms with van der Waals surface area (Å²) in [6, 6.07) is 10.7. The Balaban J connectivity index is 2.06. The van der Waals surface area contributed by atoms with Crippen LogP contribution in [0.5, 0.6) is 0 Å². The summed E-state index contributed by atoms with van der Waals surface area (Å²) in [5, 5.41) is 14.9. The highest BCUT2D eigenvalue weighted by atomic mass is 32.1. The van der Waals surface area contributed by atoms with E-state index in [2.05, 4.69) is 15.5 Å². The summed E-state index contributed by atoms with van der Waals surface area (Å²) in [4.78, 5) is 0. The van der Waals surface area contributed by atoms with Gasteiger partial charge in [-0.25, -0.2) is 4.39 Å². The van der Waals surface area contributed by atoms with Crippen LogP contribution in [0.25, 0.3) is 21.3 Å². The van der Waals surface area contributed by atoms with Gasteiger partial charge in [0.05, 0.1) is 0 Å². The first kappa shape index (κ1) is 13.1. The molecule has 0 bridgehead atoms. The van der Waals surface area contributed by atoms with E-state index in [0.29, 0.717) is 5.39 Å². The van der Waals surface area contributed by atoms with Crippen LogP contribution >= 0.6 is 11.3 Å². The Morgan fingerprint density at radius 1 is 1.10 bits per heavy atom. The second-order valence-electron chi connectivity index (χ2n) is 4.50. The summed E-state index contributed by atoms with van der Waals surface area (Å²) in [6.45, 7) is 0.874. The van der Waals surface area contributed by atoms with Crippen LogP contribution in [0.2, 0.25) is 0 Å². The van der Waals surface area contributed by atoms with E-state index in [-0.39, 0.29) is 5.82 Å². The summed E-state index contributed by atoms with van der Waals surface area (Å²) < 4.78 is 13.8. The lowest BCUT2D eigenvalue weighted by molar-refractivity contribution is 0.640. The lowest BCUT2D eigenvalue weighted by Crippen LogP contribution is -2.09. The highest BCUT2D eigenvalue weighted by molar-refractivity contribution is 7.14. The first-order valence-corrected chi connectivity index (χ1v) is 7.26. The molecule has 1 aromatic heterocycles. The highest BCUT2D eigenvalue weighted by Gasteiger charge is 2.11. The Labute approximate surface area is 120 Å². The summed E-state index contributed by atoms with van der Waals surface area (Å²) in [6.07, 6.45) is 0.854. The molecule has 0 saturated heterocycles. The maximum atomic E-state index is 13.8. The molecule has 0 aliphatic carbocycles. The molecule has 0 aliphatic rings. The number of nitrogens with zero attached hydrogens (tertiary/aromatic N) is 2. The van der Waals surface area contributed by atoms with Gasteiger partial charge in [-0.15, -0.1) is 10.2 Å². The van der Waals surface area contributed by atoms with Gasteiger partial charge in [0.1, 0.15) is 15.8 Å². The van der Waals surface area contributed by atoms with Crippen LogP contribution < -0.4 is 5.32 Å². The molecule has 0 radical (unpaired) electrons. The summed E-state index contributed by atoms with van der Waals surface area (Å²) in [7, 11) is 1.91. The van der Waals surface area contributed by atoms with Crippen LogP contribution in [0.4, 0.5) is 4.39 Å². The van der Waals surface area contributed by atoms with E-state index in [1.165, 1.54) is 6.07 Å². The van der Waals surface area contributed by atoms with E-state index in [1.54, 1.807) is 23.5 Å². The number of hydrogen-bond acceptors (Lipinski definition) is 4. The minimum Gasteiger partial charge on any atom is -0.319 e. The van der Waals surface area contributed by atoms with Crippen LogP contribution in [0.1, 0.15) is 5.01 Å². The van der Waals surface area contributed by atoms with Crippen molar-refractivity contribution in [3.05, 3.63) is 47.2 Å². The Kier molecular flexibility index (Phi) is 3.71. The van der Waals surface area contributed by atoms with Crippen LogP contribution in [-0.2, 0) is 6.42 Å². The van der Waals surface area contributed by atoms with Crippen molar-refractivity contribution in [1.82, 2.24) is 15.5 Å². The molecule has 1 heterocycles. The largest absolute Gasteiger partial charge is 0.319 e. The minimum atomic E-state index is -0.204. The third-order valence-corrected chi connectivity index (χ3v) is 4.17. The number of benzene rings is 2. The lowest BCUT2D eigenvalue weighted by atomic mass is 10.0. The molecular formula is C15H14FN3S. The van der Waals surface area contributed by atoms with Crippen molar-refractivity contribution in [1.29, 1.82) is 0 Å². The van der Waals surface area contributed by atoms with Crippen molar-refractivity contribution in [3.8, 4) is 10.6 Å². The number of halogens is 1. The Bertz CT molecular complexity index is 739. The first-order valence-electron chi connectivity index (χ1n) is 6.44. The van der Waals surface area contributed by atoms with Gasteiger partial charge in [0.15, 0.2) is 0 Å². The van der Waals surface area contributed by atoms with Gasteiger partial charge in [-0.1, -0.05) is 35.6 Å². The maximum Gasteiger partial charge on any atom is 0.148 e. The smallest absolute Gasteiger partial charge is 0.148 e. The number of nitrogens with one attached hydrogen (secondary N) is 1. The van der Waals surface area contributed by atoms with Gasteiger partial charge in [-0.3, -0.25) is 0 Å². The van der Waals surface area contributed by atoms with E-state index in [0.717, 1.165) is 33.9 Å². The Hall–Kier alpha value is -1.85. The number of hydrogen-bond donors (Lipinski definition) is 1. The molecule has 2 aromatic carbocycles. The average Bonchev–Trinajstić information content (AvgIpc) is 2.94. The summed E-state index contributed by atoms with van der Waals surface area (Å²) in [5.74, 6) is -0.204. The topological polar surface area (TPSA) is 37.8 Å². The van der Waals surface area contributed by atoms with E-state index in [1.807, 2.05) is 25.2 Å². The summed E-state index contributed by atoms with van der Waals surface area (Å²) >= 11 is 1.56. The second-order valence-corrected chi connectivity index (χ2v) is 5.56. The molecule has 3 rings (SSSR count). The van der Waals surface area contributed by atoms with Gasteiger partial charge in [0.2, 0.25) is 0 Å². The van der Waals surface area contributed by atoms with Crippen LogP contribution in [0.3, 0.4) is 0 Å². The van der Waals surface area contributed by atoms with Gasteiger partial charge < -0.3 is 5.32 Å². The van der Waals surface area contributed by atoms with Crippen LogP contribution in [0, 0.1) is 5.82 Å². The second kappa shape index (κ2) is 5.64. The molecule has 20 heavy (non-hydrogen) atoms. The molecule has 102 valence electrons. The van der Waals surface area contributed by atoms with E-state index < -0.39 is 0 Å². The standard InChI is InChI=1S/C15H14FN3S/c1-17-9-8-14-18-19-15(20-14)12-6-7-13(16)11-5-3-2-4-10(11)12/h2-7,17H,8-9H2,1H3. The predicted molar refractivity (Wildman–Crippen MR) is 80.4 cm³/mol. The van der Waals surface area contributed by atoms with Crippen molar-refractivity contribution in [2.24, 2.45) is 0 Å². The maximum absolute atomic E-state index is 13.8. The van der Waals surface area contributed by atoms with Crippen molar-refractivity contribution in [2.75, 3.05) is 13.6 Å². The molecule has 3 nitrogen and oxygen atoms in total. The number of fused-ring (bicyclic) bond motifs is 1. The van der Waals surface area contributed by atoms with Gasteiger partial charge in [-0.2, -0.15) is 0 Å². The molecule has 0 saturated carbocycles. The third kappa shape index (κ3) is 2.42. The van der Waals surface area contributed by atoms with Crippen molar-refractivity contribution < 1.29 is 4.39 Å². The zero-order chi connectivity index (χ0) is 13.9. The molecule has 1 N–H and O–H groups in total. The molecule has 0 fully saturated rings. The van der Waals surface area contributed by atoms with Crippen molar-refractivity contribution in [2.45, 2.75) is 6.42 Å². The van der Waals surface area contributed by atoms with Crippen molar-refractivity contribution >= 4 is 22.1 Å². The first-order chi connectivity index (χ1) is 9.79. The SMILES string of the molecule is CNCCc1nnc(-c2ccc(F)c3ccccc23)s1. The number of likely N-dealkylation sites (N-methyl/N-ethyl adjacent to an activating group) is 1. The molecule has 5 heteroatoms. The monoisotopic (exact) mass is 287 g/mol. The normalized spacial score (nSPS) is 11.1. The van der Waals surface area contributed by atoms with E-state index in [9.17, 15) is 4.39 Å². The molecule has 0 amide bonds. The zero-order valence-electron chi connectivity index (χ0n) is 11.1. The molecule has 0 unspecified atom stereocenters. The molecule has 0 aliphatic heterocycles. The highest BCUT2D eigenvalue weighted by Crippen LogP contribution is 2.32. The lowest BCUT2D eigenvalue weighted by Gasteiger charge is -2.04.